The molecule has 1 unspecified atom stereocenters. The van der Waals surface area contributed by atoms with E-state index in [4.69, 9.17) is 4.74 Å². The maximum absolute atomic E-state index is 12.3. The third-order valence-electron chi connectivity index (χ3n) is 6.79. The summed E-state index contributed by atoms with van der Waals surface area (Å²) < 4.78 is 5.41. The van der Waals surface area contributed by atoms with Gasteiger partial charge in [-0.05, 0) is 77.0 Å². The highest BCUT2D eigenvalue weighted by Gasteiger charge is 2.40. The van der Waals surface area contributed by atoms with Crippen molar-refractivity contribution in [2.24, 2.45) is 11.8 Å². The second kappa shape index (κ2) is 11.4. The van der Waals surface area contributed by atoms with Gasteiger partial charge in [0.1, 0.15) is 10.6 Å². The molecule has 9 heteroatoms. The molecule has 1 atom stereocenters. The first-order chi connectivity index (χ1) is 17.3. The number of nitrogens with one attached hydrogen (secondary N) is 1. The Bertz CT molecular complexity index is 1190. The van der Waals surface area contributed by atoms with Gasteiger partial charge >= 0.3 is 5.97 Å². The maximum Gasteiger partial charge on any atom is 0.308 e. The van der Waals surface area contributed by atoms with Crippen molar-refractivity contribution in [1.29, 1.82) is 0 Å². The van der Waals surface area contributed by atoms with E-state index in [2.05, 4.69) is 32.2 Å². The van der Waals surface area contributed by atoms with Crippen LogP contribution in [0.1, 0.15) is 68.8 Å². The Morgan fingerprint density at radius 1 is 1.17 bits per heavy atom. The number of ether oxygens (including phenoxy) is 1. The van der Waals surface area contributed by atoms with Crippen LogP contribution >= 0.6 is 11.3 Å². The lowest BCUT2D eigenvalue weighted by atomic mass is 9.74. The summed E-state index contributed by atoms with van der Waals surface area (Å²) in [5, 5.41) is 15.4. The average molecular weight is 510 g/mol. The van der Waals surface area contributed by atoms with Crippen LogP contribution in [0.4, 0.5) is 11.6 Å². The van der Waals surface area contributed by atoms with Crippen molar-refractivity contribution in [1.82, 2.24) is 19.9 Å². The van der Waals surface area contributed by atoms with E-state index < -0.39 is 5.60 Å². The quantitative estimate of drug-likeness (QED) is 0.279. The number of hydrogen-bond donors (Lipinski definition) is 2. The Balaban J connectivity index is 1.44. The number of carbonyl (C=O) groups excluding carboxylic acids is 1. The summed E-state index contributed by atoms with van der Waals surface area (Å²) in [5.74, 6) is 0.409. The van der Waals surface area contributed by atoms with Gasteiger partial charge < -0.3 is 15.2 Å². The number of carbonyl (C=O) groups is 1. The van der Waals surface area contributed by atoms with Crippen LogP contribution in [0, 0.1) is 25.7 Å². The normalized spacial score (nSPS) is 19.5. The number of anilines is 2. The number of nitrogens with zero attached hydrogens (tertiary/aromatic N) is 4. The zero-order chi connectivity index (χ0) is 25.7. The van der Waals surface area contributed by atoms with Crippen molar-refractivity contribution in [3.05, 3.63) is 47.0 Å². The minimum absolute atomic E-state index is 0.0392. The number of aliphatic hydroxyl groups is 1. The standard InChI is InChI=1S/C27H35N5O3S/c1-5-6-13-35-24(33)19-7-9-20(10-8-19)27(4,34)25-29-16-23(36-25)22-15-21(14-18(3)30-22)32-26-28-12-11-17(2)31-26/h11-12,14-16,19-20,34H,5-10,13H2,1-4H3,(H,28,30,31,32). The number of rotatable bonds is 9. The molecule has 1 fully saturated rings. The molecule has 0 amide bonds. The fourth-order valence-corrected chi connectivity index (χ4v) is 5.63. The van der Waals surface area contributed by atoms with E-state index in [1.807, 2.05) is 39.0 Å². The van der Waals surface area contributed by atoms with E-state index in [0.717, 1.165) is 66.2 Å². The SMILES string of the molecule is CCCCOC(=O)C1CCC(C(C)(O)c2ncc(-c3cc(Nc4nccc(C)n4)cc(C)n3)s2)CC1. The highest BCUT2D eigenvalue weighted by molar-refractivity contribution is 7.15. The van der Waals surface area contributed by atoms with Crippen molar-refractivity contribution in [3.63, 3.8) is 0 Å². The summed E-state index contributed by atoms with van der Waals surface area (Å²) in [5.41, 5.74) is 2.29. The molecule has 0 bridgehead atoms. The minimum atomic E-state index is -1.07. The van der Waals surface area contributed by atoms with Gasteiger partial charge in [-0.2, -0.15) is 0 Å². The molecule has 2 N–H and O–H groups in total. The molecule has 192 valence electrons. The van der Waals surface area contributed by atoms with Crippen LogP contribution in [0.5, 0.6) is 0 Å². The van der Waals surface area contributed by atoms with Gasteiger partial charge in [-0.25, -0.2) is 15.0 Å². The van der Waals surface area contributed by atoms with Crippen LogP contribution in [-0.4, -0.2) is 37.6 Å². The molecule has 0 saturated heterocycles. The van der Waals surface area contributed by atoms with E-state index in [1.54, 1.807) is 12.4 Å². The average Bonchev–Trinajstić information content (AvgIpc) is 3.35. The van der Waals surface area contributed by atoms with Gasteiger partial charge in [0.25, 0.3) is 0 Å². The van der Waals surface area contributed by atoms with Crippen molar-refractivity contribution in [3.8, 4) is 10.6 Å². The molecule has 4 rings (SSSR count). The summed E-state index contributed by atoms with van der Waals surface area (Å²) in [6.07, 6.45) is 8.41. The largest absolute Gasteiger partial charge is 0.465 e. The molecule has 0 aliphatic heterocycles. The van der Waals surface area contributed by atoms with Gasteiger partial charge in [0, 0.05) is 29.5 Å². The van der Waals surface area contributed by atoms with Gasteiger partial charge in [-0.3, -0.25) is 9.78 Å². The number of thiazole rings is 1. The van der Waals surface area contributed by atoms with E-state index in [1.165, 1.54) is 11.3 Å². The first kappa shape index (κ1) is 26.2. The number of hydrogen-bond acceptors (Lipinski definition) is 9. The zero-order valence-corrected chi connectivity index (χ0v) is 22.3. The van der Waals surface area contributed by atoms with Gasteiger partial charge in [0.2, 0.25) is 5.95 Å². The molecule has 36 heavy (non-hydrogen) atoms. The number of unbranched alkanes of at least 4 members (excludes halogenated alkanes) is 1. The van der Waals surface area contributed by atoms with Crippen LogP contribution in [-0.2, 0) is 15.1 Å². The molecule has 0 aromatic carbocycles. The number of esters is 1. The second-order valence-electron chi connectivity index (χ2n) is 9.78. The predicted octanol–water partition coefficient (Wildman–Crippen LogP) is 5.71. The van der Waals surface area contributed by atoms with Gasteiger partial charge in [0.05, 0.1) is 23.1 Å². The third kappa shape index (κ3) is 6.25. The summed E-state index contributed by atoms with van der Waals surface area (Å²) in [7, 11) is 0. The zero-order valence-electron chi connectivity index (χ0n) is 21.5. The summed E-state index contributed by atoms with van der Waals surface area (Å²) >= 11 is 1.46. The highest BCUT2D eigenvalue weighted by Crippen LogP contribution is 2.43. The Morgan fingerprint density at radius 2 is 1.94 bits per heavy atom. The predicted molar refractivity (Wildman–Crippen MR) is 141 cm³/mol. The molecule has 3 aromatic rings. The lowest BCUT2D eigenvalue weighted by molar-refractivity contribution is -0.151. The lowest BCUT2D eigenvalue weighted by Crippen LogP contribution is -2.36. The van der Waals surface area contributed by atoms with Crippen molar-refractivity contribution in [2.45, 2.75) is 71.8 Å². The summed E-state index contributed by atoms with van der Waals surface area (Å²) in [4.78, 5) is 31.2. The topological polar surface area (TPSA) is 110 Å². The number of pyridine rings is 1. The molecule has 3 aromatic heterocycles. The fourth-order valence-electron chi connectivity index (χ4n) is 4.63. The smallest absolute Gasteiger partial charge is 0.308 e. The van der Waals surface area contributed by atoms with Gasteiger partial charge in [-0.15, -0.1) is 11.3 Å². The van der Waals surface area contributed by atoms with Crippen LogP contribution in [0.15, 0.2) is 30.6 Å². The van der Waals surface area contributed by atoms with Crippen molar-refractivity contribution in [2.75, 3.05) is 11.9 Å². The van der Waals surface area contributed by atoms with Gasteiger partial charge in [0.15, 0.2) is 0 Å². The van der Waals surface area contributed by atoms with Crippen molar-refractivity contribution < 1.29 is 14.6 Å². The molecule has 1 aliphatic carbocycles. The monoisotopic (exact) mass is 509 g/mol. The summed E-state index contributed by atoms with van der Waals surface area (Å²) in [6.45, 7) is 8.28. The van der Waals surface area contributed by atoms with Crippen LogP contribution in [0.25, 0.3) is 10.6 Å². The Morgan fingerprint density at radius 3 is 2.67 bits per heavy atom. The minimum Gasteiger partial charge on any atom is -0.465 e. The second-order valence-corrected chi connectivity index (χ2v) is 10.8. The molecule has 0 spiro atoms. The molecule has 0 radical (unpaired) electrons. The highest BCUT2D eigenvalue weighted by atomic mass is 32.1. The first-order valence-corrected chi connectivity index (χ1v) is 13.5. The fraction of sp³-hybridized carbons (Fsp3) is 0.519. The van der Waals surface area contributed by atoms with E-state index >= 15 is 0 Å². The number of aromatic nitrogens is 4. The molecule has 1 saturated carbocycles. The van der Waals surface area contributed by atoms with Crippen molar-refractivity contribution >= 4 is 28.9 Å². The van der Waals surface area contributed by atoms with E-state index in [9.17, 15) is 9.90 Å². The molecular formula is C27H35N5O3S. The molecule has 1 aliphatic rings. The summed E-state index contributed by atoms with van der Waals surface area (Å²) in [6, 6.07) is 5.74. The van der Waals surface area contributed by atoms with E-state index in [0.29, 0.717) is 17.6 Å². The first-order valence-electron chi connectivity index (χ1n) is 12.7. The third-order valence-corrected chi connectivity index (χ3v) is 8.04. The Kier molecular flexibility index (Phi) is 8.31. The van der Waals surface area contributed by atoms with Gasteiger partial charge in [-0.1, -0.05) is 13.3 Å². The Labute approximate surface area is 216 Å². The van der Waals surface area contributed by atoms with E-state index in [-0.39, 0.29) is 17.8 Å². The molecule has 3 heterocycles. The maximum atomic E-state index is 12.3. The number of aryl methyl sites for hydroxylation is 2. The van der Waals surface area contributed by atoms with Crippen LogP contribution in [0.3, 0.4) is 0 Å². The van der Waals surface area contributed by atoms with Crippen LogP contribution < -0.4 is 5.32 Å². The van der Waals surface area contributed by atoms with Crippen LogP contribution in [0.2, 0.25) is 0 Å². The molecule has 8 nitrogen and oxygen atoms in total. The Hall–Kier alpha value is -2.91. The lowest BCUT2D eigenvalue weighted by Gasteiger charge is -2.36. The molecular weight excluding hydrogens is 474 g/mol.